The normalized spacial score (nSPS) is 15.7. The van der Waals surface area contributed by atoms with Crippen LogP contribution in [0, 0.1) is 7.14 Å². The Kier molecular flexibility index (Phi) is 6.17. The SMILES string of the molecule is O=C1NC(=S)S/C1=C\c1cc(I)c(OCc2ccccc2)c(I)c1. The van der Waals surface area contributed by atoms with Gasteiger partial charge in [0.2, 0.25) is 0 Å². The minimum atomic E-state index is -0.139. The summed E-state index contributed by atoms with van der Waals surface area (Å²) in [5.41, 5.74) is 2.08. The molecule has 0 atom stereocenters. The zero-order chi connectivity index (χ0) is 17.1. The lowest BCUT2D eigenvalue weighted by atomic mass is 10.2. The maximum atomic E-state index is 11.8. The number of amides is 1. The Balaban J connectivity index is 1.80. The molecule has 7 heteroatoms. The van der Waals surface area contributed by atoms with Crippen LogP contribution in [0.15, 0.2) is 47.4 Å². The Morgan fingerprint density at radius 2 is 1.83 bits per heavy atom. The van der Waals surface area contributed by atoms with E-state index in [9.17, 15) is 4.79 Å². The van der Waals surface area contributed by atoms with Crippen molar-refractivity contribution in [2.45, 2.75) is 6.61 Å². The molecule has 2 aromatic rings. The van der Waals surface area contributed by atoms with Gasteiger partial charge in [0, 0.05) is 0 Å². The third kappa shape index (κ3) is 4.50. The number of hydrogen-bond donors (Lipinski definition) is 1. The summed E-state index contributed by atoms with van der Waals surface area (Å²) in [5.74, 6) is 0.723. The van der Waals surface area contributed by atoms with Gasteiger partial charge in [0.25, 0.3) is 5.91 Å². The fourth-order valence-corrected chi connectivity index (χ4v) is 5.27. The molecule has 1 aliphatic rings. The van der Waals surface area contributed by atoms with Crippen LogP contribution in [0.4, 0.5) is 0 Å². The zero-order valence-corrected chi connectivity index (χ0v) is 18.2. The van der Waals surface area contributed by atoms with E-state index in [4.69, 9.17) is 17.0 Å². The van der Waals surface area contributed by atoms with Crippen molar-refractivity contribution >= 4 is 85.5 Å². The highest BCUT2D eigenvalue weighted by Gasteiger charge is 2.22. The molecular formula is C17H11I2NO2S2. The number of halogens is 2. The van der Waals surface area contributed by atoms with Gasteiger partial charge in [-0.05, 0) is 74.5 Å². The van der Waals surface area contributed by atoms with Gasteiger partial charge in [-0.1, -0.05) is 54.3 Å². The molecule has 0 radical (unpaired) electrons. The predicted octanol–water partition coefficient (Wildman–Crippen LogP) is 4.96. The van der Waals surface area contributed by atoms with Crippen molar-refractivity contribution in [2.24, 2.45) is 0 Å². The van der Waals surface area contributed by atoms with Gasteiger partial charge in [-0.2, -0.15) is 0 Å². The lowest BCUT2D eigenvalue weighted by molar-refractivity contribution is -0.115. The van der Waals surface area contributed by atoms with Gasteiger partial charge in [-0.25, -0.2) is 0 Å². The number of nitrogens with one attached hydrogen (secondary N) is 1. The van der Waals surface area contributed by atoms with Gasteiger partial charge in [0.05, 0.1) is 12.0 Å². The molecular weight excluding hydrogens is 568 g/mol. The maximum absolute atomic E-state index is 11.8. The van der Waals surface area contributed by atoms with Crippen LogP contribution in [0.1, 0.15) is 11.1 Å². The minimum absolute atomic E-state index is 0.139. The standard InChI is InChI=1S/C17H11I2NO2S2/c18-12-6-11(8-14-16(21)20-17(23)24-14)7-13(19)15(12)22-9-10-4-2-1-3-5-10/h1-8H,9H2,(H,20,21,23)/b14-8-. The first-order chi connectivity index (χ1) is 11.5. The Hall–Kier alpha value is -0.650. The van der Waals surface area contributed by atoms with Gasteiger partial charge in [0.15, 0.2) is 0 Å². The third-order valence-electron chi connectivity index (χ3n) is 3.19. The molecule has 0 aromatic heterocycles. The molecule has 1 amide bonds. The van der Waals surface area contributed by atoms with Crippen molar-refractivity contribution in [3.63, 3.8) is 0 Å². The third-order valence-corrected chi connectivity index (χ3v) is 5.95. The molecule has 3 rings (SSSR count). The minimum Gasteiger partial charge on any atom is -0.487 e. The number of rotatable bonds is 4. The molecule has 0 saturated carbocycles. The Morgan fingerprint density at radius 3 is 2.42 bits per heavy atom. The first-order valence-corrected chi connectivity index (χ1v) is 10.3. The van der Waals surface area contributed by atoms with Crippen LogP contribution in [0.5, 0.6) is 5.75 Å². The second-order valence-corrected chi connectivity index (χ2v) is 8.98. The molecule has 122 valence electrons. The highest BCUT2D eigenvalue weighted by atomic mass is 127. The van der Waals surface area contributed by atoms with E-state index in [1.807, 2.05) is 48.5 Å². The molecule has 1 saturated heterocycles. The summed E-state index contributed by atoms with van der Waals surface area (Å²) in [6.07, 6.45) is 1.85. The molecule has 1 N–H and O–H groups in total. The van der Waals surface area contributed by atoms with Crippen LogP contribution >= 0.6 is 69.2 Å². The highest BCUT2D eigenvalue weighted by molar-refractivity contribution is 14.1. The molecule has 0 spiro atoms. The van der Waals surface area contributed by atoms with E-state index < -0.39 is 0 Å². The molecule has 0 unspecified atom stereocenters. The van der Waals surface area contributed by atoms with E-state index in [1.165, 1.54) is 11.8 Å². The number of carbonyl (C=O) groups excluding carboxylic acids is 1. The Bertz CT molecular complexity index is 815. The second kappa shape index (κ2) is 8.15. The largest absolute Gasteiger partial charge is 0.487 e. The van der Waals surface area contributed by atoms with Gasteiger partial charge < -0.3 is 10.1 Å². The summed E-state index contributed by atoms with van der Waals surface area (Å²) in [5, 5.41) is 2.62. The molecule has 24 heavy (non-hydrogen) atoms. The fraction of sp³-hybridized carbons (Fsp3) is 0.0588. The van der Waals surface area contributed by atoms with E-state index in [-0.39, 0.29) is 5.91 Å². The molecule has 3 nitrogen and oxygen atoms in total. The van der Waals surface area contributed by atoms with Crippen molar-refractivity contribution < 1.29 is 9.53 Å². The highest BCUT2D eigenvalue weighted by Crippen LogP contribution is 2.32. The van der Waals surface area contributed by atoms with Crippen LogP contribution in [0.3, 0.4) is 0 Å². The van der Waals surface area contributed by atoms with Crippen molar-refractivity contribution in [3.05, 3.63) is 65.6 Å². The van der Waals surface area contributed by atoms with Gasteiger partial charge >= 0.3 is 0 Å². The smallest absolute Gasteiger partial charge is 0.263 e. The summed E-state index contributed by atoms with van der Waals surface area (Å²) >= 11 is 10.8. The number of ether oxygens (including phenoxy) is 1. The summed E-state index contributed by atoms with van der Waals surface area (Å²) in [6.45, 7) is 0.528. The average Bonchev–Trinajstić information content (AvgIpc) is 2.85. The van der Waals surface area contributed by atoms with Crippen molar-refractivity contribution in [2.75, 3.05) is 0 Å². The van der Waals surface area contributed by atoms with Crippen LogP contribution < -0.4 is 10.1 Å². The fourth-order valence-electron chi connectivity index (χ4n) is 2.10. The molecule has 0 bridgehead atoms. The topological polar surface area (TPSA) is 38.3 Å². The van der Waals surface area contributed by atoms with Gasteiger partial charge in [-0.15, -0.1) is 0 Å². The van der Waals surface area contributed by atoms with E-state index in [0.29, 0.717) is 15.8 Å². The molecule has 0 aliphatic carbocycles. The average molecular weight is 579 g/mol. The number of thioether (sulfide) groups is 1. The molecule has 2 aromatic carbocycles. The zero-order valence-electron chi connectivity index (χ0n) is 12.2. The lowest BCUT2D eigenvalue weighted by Gasteiger charge is -2.11. The van der Waals surface area contributed by atoms with E-state index >= 15 is 0 Å². The van der Waals surface area contributed by atoms with Crippen LogP contribution in [0.25, 0.3) is 6.08 Å². The van der Waals surface area contributed by atoms with Gasteiger partial charge in [-0.3, -0.25) is 4.79 Å². The quantitative estimate of drug-likeness (QED) is 0.316. The van der Waals surface area contributed by atoms with Crippen LogP contribution in [-0.2, 0) is 11.4 Å². The Morgan fingerprint density at radius 1 is 1.17 bits per heavy atom. The molecule has 1 aliphatic heterocycles. The van der Waals surface area contributed by atoms with Crippen LogP contribution in [-0.4, -0.2) is 10.2 Å². The summed E-state index contributed by atoms with van der Waals surface area (Å²) in [7, 11) is 0. The van der Waals surface area contributed by atoms with Crippen LogP contribution in [0.2, 0.25) is 0 Å². The second-order valence-electron chi connectivity index (χ2n) is 4.94. The van der Waals surface area contributed by atoms with Crippen molar-refractivity contribution in [3.8, 4) is 5.75 Å². The lowest BCUT2D eigenvalue weighted by Crippen LogP contribution is -2.17. The van der Waals surface area contributed by atoms with Gasteiger partial charge in [0.1, 0.15) is 16.7 Å². The predicted molar refractivity (Wildman–Crippen MR) is 119 cm³/mol. The van der Waals surface area contributed by atoms with Crippen molar-refractivity contribution in [1.82, 2.24) is 5.32 Å². The summed E-state index contributed by atoms with van der Waals surface area (Å²) in [4.78, 5) is 12.4. The van der Waals surface area contributed by atoms with E-state index in [2.05, 4.69) is 50.5 Å². The number of carbonyl (C=O) groups is 1. The number of benzene rings is 2. The van der Waals surface area contributed by atoms with Crippen molar-refractivity contribution in [1.29, 1.82) is 0 Å². The van der Waals surface area contributed by atoms with E-state index in [0.717, 1.165) is 24.0 Å². The summed E-state index contributed by atoms with van der Waals surface area (Å²) < 4.78 is 8.49. The molecule has 1 heterocycles. The number of thiocarbonyl (C=S) groups is 1. The van der Waals surface area contributed by atoms with E-state index in [1.54, 1.807) is 0 Å². The first-order valence-electron chi connectivity index (χ1n) is 6.93. The Labute approximate surface area is 176 Å². The monoisotopic (exact) mass is 579 g/mol. The summed E-state index contributed by atoms with van der Waals surface area (Å²) in [6, 6.07) is 14.1. The first kappa shape index (κ1) is 18.2. The maximum Gasteiger partial charge on any atom is 0.263 e. The molecule has 1 fully saturated rings. The number of hydrogen-bond acceptors (Lipinski definition) is 4.